The lowest BCUT2D eigenvalue weighted by Crippen LogP contribution is -2.57. The maximum atomic E-state index is 10.2. The Hall–Kier alpha value is -0.190. The van der Waals surface area contributed by atoms with Crippen LogP contribution >= 0.6 is 11.8 Å². The third kappa shape index (κ3) is 8.48. The maximum Gasteiger partial charge on any atom is 0.132 e. The van der Waals surface area contributed by atoms with Gasteiger partial charge >= 0.3 is 0 Å². The molecule has 0 spiro atoms. The molecular formula is C39H68O7S. The number of rotatable bonds is 16. The van der Waals surface area contributed by atoms with Crippen molar-refractivity contribution < 1.29 is 34.6 Å². The van der Waals surface area contributed by atoms with Gasteiger partial charge in [0.05, 0.1) is 26.4 Å². The van der Waals surface area contributed by atoms with Crippen molar-refractivity contribution in [3.63, 3.8) is 0 Å². The van der Waals surface area contributed by atoms with Crippen LogP contribution in [0.4, 0.5) is 0 Å². The Morgan fingerprint density at radius 3 is 2.40 bits per heavy atom. The van der Waals surface area contributed by atoms with Crippen LogP contribution in [0.2, 0.25) is 0 Å². The minimum atomic E-state index is -1.33. The first-order valence-corrected chi connectivity index (χ1v) is 20.3. The molecule has 1 aliphatic heterocycles. The molecule has 4 aliphatic carbocycles. The average Bonchev–Trinajstić information content (AvgIpc) is 3.41. The summed E-state index contributed by atoms with van der Waals surface area (Å²) in [5.74, 6) is 6.61. The van der Waals surface area contributed by atoms with E-state index in [4.69, 9.17) is 14.2 Å². The number of allylic oxidation sites excluding steroid dienone is 2. The van der Waals surface area contributed by atoms with E-state index in [2.05, 4.69) is 40.7 Å². The SMILES string of the molecule is CC(C)CCC[C@@H](C)[C@H]1CC[C@H]2[C@@H]3CC=C4C[C@H](CCOCCOCCS[C@@H]5O[C@H](CO)[C@H](O)[C@H](O)[C@H]5O)CC[C@]4(C)[C@H]3CC[C@]12C. The molecular weight excluding hydrogens is 612 g/mol. The number of thioether (sulfide) groups is 1. The summed E-state index contributed by atoms with van der Waals surface area (Å²) in [6, 6.07) is 0. The van der Waals surface area contributed by atoms with Crippen LogP contribution in [0.25, 0.3) is 0 Å². The first-order valence-electron chi connectivity index (χ1n) is 19.3. The van der Waals surface area contributed by atoms with E-state index in [0.717, 1.165) is 54.5 Å². The molecule has 0 bridgehead atoms. The first-order chi connectivity index (χ1) is 22.5. The van der Waals surface area contributed by atoms with Crippen molar-refractivity contribution in [2.24, 2.45) is 52.3 Å². The Bertz CT molecular complexity index is 1010. The van der Waals surface area contributed by atoms with E-state index in [0.29, 0.717) is 36.4 Å². The van der Waals surface area contributed by atoms with E-state index in [9.17, 15) is 20.4 Å². The number of fused-ring (bicyclic) bond motifs is 5. The summed E-state index contributed by atoms with van der Waals surface area (Å²) in [6.45, 7) is 14.6. The molecule has 13 atom stereocenters. The molecule has 5 aliphatic rings. The van der Waals surface area contributed by atoms with Crippen LogP contribution in [0.3, 0.4) is 0 Å². The second-order valence-corrected chi connectivity index (χ2v) is 18.2. The summed E-state index contributed by atoms with van der Waals surface area (Å²) in [7, 11) is 0. The molecule has 1 heterocycles. The normalized spacial score (nSPS) is 42.5. The predicted octanol–water partition coefficient (Wildman–Crippen LogP) is 6.60. The highest BCUT2D eigenvalue weighted by molar-refractivity contribution is 7.99. The molecule has 0 radical (unpaired) electrons. The fourth-order valence-electron chi connectivity index (χ4n) is 11.0. The first kappa shape index (κ1) is 38.1. The van der Waals surface area contributed by atoms with E-state index < -0.39 is 36.5 Å². The van der Waals surface area contributed by atoms with Crippen molar-refractivity contribution in [1.29, 1.82) is 0 Å². The Morgan fingerprint density at radius 1 is 0.894 bits per heavy atom. The third-order valence-electron chi connectivity index (χ3n) is 13.8. The highest BCUT2D eigenvalue weighted by Gasteiger charge is 2.59. The summed E-state index contributed by atoms with van der Waals surface area (Å²) in [5, 5.41) is 39.4. The van der Waals surface area contributed by atoms with Crippen molar-refractivity contribution in [1.82, 2.24) is 0 Å². The van der Waals surface area contributed by atoms with E-state index in [-0.39, 0.29) is 0 Å². The molecule has 7 nitrogen and oxygen atoms in total. The molecule has 272 valence electrons. The van der Waals surface area contributed by atoms with Crippen LogP contribution in [-0.2, 0) is 14.2 Å². The average molecular weight is 681 g/mol. The molecule has 0 unspecified atom stereocenters. The quantitative estimate of drug-likeness (QED) is 0.107. The summed E-state index contributed by atoms with van der Waals surface area (Å²) >= 11 is 1.32. The van der Waals surface area contributed by atoms with Crippen molar-refractivity contribution in [3.05, 3.63) is 11.6 Å². The van der Waals surface area contributed by atoms with Crippen LogP contribution in [-0.4, -0.2) is 89.1 Å². The van der Waals surface area contributed by atoms with Gasteiger partial charge in [-0.3, -0.25) is 0 Å². The van der Waals surface area contributed by atoms with Crippen molar-refractivity contribution in [2.75, 3.05) is 38.8 Å². The largest absolute Gasteiger partial charge is 0.394 e. The molecule has 1 saturated heterocycles. The minimum Gasteiger partial charge on any atom is -0.394 e. The topological polar surface area (TPSA) is 109 Å². The zero-order valence-corrected chi connectivity index (χ0v) is 31.0. The van der Waals surface area contributed by atoms with Crippen LogP contribution in [0.5, 0.6) is 0 Å². The highest BCUT2D eigenvalue weighted by Crippen LogP contribution is 2.67. The fourth-order valence-corrected chi connectivity index (χ4v) is 12.0. The van der Waals surface area contributed by atoms with Gasteiger partial charge in [0.1, 0.15) is 29.9 Å². The van der Waals surface area contributed by atoms with Gasteiger partial charge in [-0.15, -0.1) is 11.8 Å². The van der Waals surface area contributed by atoms with E-state index in [1.54, 1.807) is 5.57 Å². The van der Waals surface area contributed by atoms with Gasteiger partial charge in [0.2, 0.25) is 0 Å². The molecule has 0 amide bonds. The lowest BCUT2D eigenvalue weighted by Gasteiger charge is -2.58. The summed E-state index contributed by atoms with van der Waals surface area (Å²) in [4.78, 5) is 0. The van der Waals surface area contributed by atoms with Crippen LogP contribution in [0, 0.1) is 52.3 Å². The van der Waals surface area contributed by atoms with Crippen LogP contribution in [0.1, 0.15) is 112 Å². The van der Waals surface area contributed by atoms with Gasteiger partial charge in [0.15, 0.2) is 0 Å². The zero-order valence-electron chi connectivity index (χ0n) is 30.2. The minimum absolute atomic E-state index is 0.407. The van der Waals surface area contributed by atoms with Gasteiger partial charge in [-0.1, -0.05) is 65.5 Å². The molecule has 3 saturated carbocycles. The molecule has 4 fully saturated rings. The number of hydrogen-bond acceptors (Lipinski definition) is 8. The second-order valence-electron chi connectivity index (χ2n) is 17.0. The van der Waals surface area contributed by atoms with Gasteiger partial charge < -0.3 is 34.6 Å². The molecule has 8 heteroatoms. The van der Waals surface area contributed by atoms with Gasteiger partial charge in [0, 0.05) is 12.4 Å². The Balaban J connectivity index is 0.992. The van der Waals surface area contributed by atoms with Gasteiger partial charge in [-0.25, -0.2) is 0 Å². The Labute approximate surface area is 290 Å². The lowest BCUT2D eigenvalue weighted by atomic mass is 9.46. The standard InChI is InChI=1S/C39H68O7S/c1-25(2)7-6-8-26(3)30-11-12-31-29-10-9-28-23-27(13-16-38(28,4)32(29)14-17-39(30,31)5)15-18-44-19-20-45-21-22-47-37-36(43)35(42)34(41)33(24-40)46-37/h9,25-27,29-37,40-43H,6-8,10-24H2,1-5H3/t26-,27+,29+,30-,31+,32+,33-,34+,35+,36-,37+,38+,39-/m1/s1. The monoisotopic (exact) mass is 680 g/mol. The number of ether oxygens (including phenoxy) is 3. The molecule has 47 heavy (non-hydrogen) atoms. The number of hydrogen-bond donors (Lipinski definition) is 4. The fraction of sp³-hybridized carbons (Fsp3) is 0.949. The molecule has 0 aromatic rings. The van der Waals surface area contributed by atoms with E-state index in [1.165, 1.54) is 82.4 Å². The second kappa shape index (κ2) is 16.9. The molecule has 5 rings (SSSR count). The summed E-state index contributed by atoms with van der Waals surface area (Å²) in [5.41, 5.74) is 2.03. The maximum absolute atomic E-state index is 10.2. The molecule has 0 aromatic carbocycles. The molecule has 4 N–H and O–H groups in total. The third-order valence-corrected chi connectivity index (χ3v) is 14.9. The zero-order chi connectivity index (χ0) is 33.8. The lowest BCUT2D eigenvalue weighted by molar-refractivity contribution is -0.205. The van der Waals surface area contributed by atoms with Crippen molar-refractivity contribution in [2.45, 2.75) is 142 Å². The number of aliphatic hydroxyl groups excluding tert-OH is 4. The van der Waals surface area contributed by atoms with E-state index >= 15 is 0 Å². The molecule has 0 aromatic heterocycles. The number of aliphatic hydroxyl groups is 4. The smallest absolute Gasteiger partial charge is 0.132 e. The Morgan fingerprint density at radius 2 is 1.66 bits per heavy atom. The van der Waals surface area contributed by atoms with Gasteiger partial charge in [0.25, 0.3) is 0 Å². The van der Waals surface area contributed by atoms with Crippen molar-refractivity contribution >= 4 is 11.8 Å². The predicted molar refractivity (Wildman–Crippen MR) is 189 cm³/mol. The van der Waals surface area contributed by atoms with Crippen LogP contribution in [0.15, 0.2) is 11.6 Å². The Kier molecular flexibility index (Phi) is 13.7. The summed E-state index contributed by atoms with van der Waals surface area (Å²) in [6.07, 6.45) is 14.4. The summed E-state index contributed by atoms with van der Waals surface area (Å²) < 4.78 is 17.2. The van der Waals surface area contributed by atoms with Crippen molar-refractivity contribution in [3.8, 4) is 0 Å². The van der Waals surface area contributed by atoms with E-state index in [1.807, 2.05) is 0 Å². The highest BCUT2D eigenvalue weighted by atomic mass is 32.2. The van der Waals surface area contributed by atoms with Crippen LogP contribution < -0.4 is 0 Å². The van der Waals surface area contributed by atoms with Gasteiger partial charge in [-0.2, -0.15) is 0 Å². The van der Waals surface area contributed by atoms with Gasteiger partial charge in [-0.05, 0) is 110 Å².